The molecule has 2 aromatic heterocycles. The van der Waals surface area contributed by atoms with Gasteiger partial charge in [-0.1, -0.05) is 29.8 Å². The van der Waals surface area contributed by atoms with Crippen LogP contribution in [-0.4, -0.2) is 25.5 Å². The minimum absolute atomic E-state index is 0.169. The normalized spacial score (nSPS) is 10.6. The summed E-state index contributed by atoms with van der Waals surface area (Å²) < 4.78 is 2.77. The molecule has 0 bridgehead atoms. The van der Waals surface area contributed by atoms with Crippen molar-refractivity contribution < 1.29 is 4.79 Å². The van der Waals surface area contributed by atoms with E-state index in [-0.39, 0.29) is 24.6 Å². The number of halogens is 1. The van der Waals surface area contributed by atoms with E-state index >= 15 is 0 Å². The first kappa shape index (κ1) is 16.9. The summed E-state index contributed by atoms with van der Waals surface area (Å²) in [4.78, 5) is 24.1. The van der Waals surface area contributed by atoms with Crippen LogP contribution in [0.5, 0.6) is 0 Å². The van der Waals surface area contributed by atoms with E-state index < -0.39 is 0 Å². The third kappa shape index (κ3) is 4.13. The van der Waals surface area contributed by atoms with Crippen LogP contribution in [0.25, 0.3) is 11.3 Å². The van der Waals surface area contributed by atoms with Gasteiger partial charge in [-0.25, -0.2) is 4.68 Å². The summed E-state index contributed by atoms with van der Waals surface area (Å²) in [5, 5.41) is 11.6. The summed E-state index contributed by atoms with van der Waals surface area (Å²) in [7, 11) is 1.79. The minimum atomic E-state index is -0.347. The zero-order valence-electron chi connectivity index (χ0n) is 13.5. The van der Waals surface area contributed by atoms with Crippen LogP contribution in [0.15, 0.2) is 53.6 Å². The Balaban J connectivity index is 1.70. The largest absolute Gasteiger partial charge is 0.350 e. The van der Waals surface area contributed by atoms with Crippen molar-refractivity contribution in [2.24, 2.45) is 7.05 Å². The maximum absolute atomic E-state index is 12.1. The molecule has 0 unspecified atom stereocenters. The van der Waals surface area contributed by atoms with Crippen molar-refractivity contribution in [3.8, 4) is 11.3 Å². The van der Waals surface area contributed by atoms with Crippen LogP contribution in [0.4, 0.5) is 0 Å². The molecule has 1 N–H and O–H groups in total. The molecule has 3 rings (SSSR count). The van der Waals surface area contributed by atoms with Gasteiger partial charge in [-0.15, -0.1) is 0 Å². The Kier molecular flexibility index (Phi) is 4.95. The zero-order chi connectivity index (χ0) is 17.8. The summed E-state index contributed by atoms with van der Waals surface area (Å²) in [6, 6.07) is 10.2. The number of nitrogens with one attached hydrogen (secondary N) is 1. The average molecular weight is 358 g/mol. The predicted octanol–water partition coefficient (Wildman–Crippen LogP) is 1.61. The number of hydrogen-bond acceptors (Lipinski definition) is 4. The van der Waals surface area contributed by atoms with E-state index in [0.29, 0.717) is 10.7 Å². The summed E-state index contributed by atoms with van der Waals surface area (Å²) in [5.74, 6) is -0.321. The number of rotatable bonds is 5. The number of nitrogens with zero attached hydrogens (tertiary/aromatic N) is 4. The fourth-order valence-corrected chi connectivity index (χ4v) is 2.50. The van der Waals surface area contributed by atoms with E-state index in [1.165, 1.54) is 6.07 Å². The Morgan fingerprint density at radius 3 is 2.76 bits per heavy atom. The Morgan fingerprint density at radius 1 is 1.24 bits per heavy atom. The van der Waals surface area contributed by atoms with Gasteiger partial charge in [0.2, 0.25) is 5.91 Å². The highest BCUT2D eigenvalue weighted by Crippen LogP contribution is 2.14. The summed E-state index contributed by atoms with van der Waals surface area (Å²) >= 11 is 6.06. The Hall–Kier alpha value is -2.93. The number of carbonyl (C=O) groups is 1. The van der Waals surface area contributed by atoms with Gasteiger partial charge < -0.3 is 5.32 Å². The zero-order valence-corrected chi connectivity index (χ0v) is 14.3. The SMILES string of the molecule is Cn1cc(-c2ccc(=O)n(CC(=O)NCc3ccccc3Cl)n2)cn1. The number of benzene rings is 1. The van der Waals surface area contributed by atoms with Crippen LogP contribution in [0.3, 0.4) is 0 Å². The van der Waals surface area contributed by atoms with Crippen molar-refractivity contribution >= 4 is 17.5 Å². The van der Waals surface area contributed by atoms with Gasteiger partial charge in [-0.2, -0.15) is 10.2 Å². The molecule has 0 atom stereocenters. The highest BCUT2D eigenvalue weighted by atomic mass is 35.5. The standard InChI is InChI=1S/C17H16ClN5O2/c1-22-10-13(9-20-22)15-6-7-17(25)23(21-15)11-16(24)19-8-12-4-2-3-5-14(12)18/h2-7,9-10H,8,11H2,1H3,(H,19,24). The van der Waals surface area contributed by atoms with E-state index in [0.717, 1.165) is 15.8 Å². The second kappa shape index (κ2) is 7.31. The van der Waals surface area contributed by atoms with Gasteiger partial charge in [0.15, 0.2) is 0 Å². The van der Waals surface area contributed by atoms with Crippen LogP contribution in [0.1, 0.15) is 5.56 Å². The Morgan fingerprint density at radius 2 is 2.04 bits per heavy atom. The van der Waals surface area contributed by atoms with Crippen molar-refractivity contribution in [3.63, 3.8) is 0 Å². The first-order chi connectivity index (χ1) is 12.0. The lowest BCUT2D eigenvalue weighted by Crippen LogP contribution is -2.33. The quantitative estimate of drug-likeness (QED) is 0.752. The molecule has 0 fully saturated rings. The molecule has 0 aliphatic carbocycles. The Labute approximate surface area is 148 Å². The van der Waals surface area contributed by atoms with Crippen LogP contribution < -0.4 is 10.9 Å². The highest BCUT2D eigenvalue weighted by Gasteiger charge is 2.09. The number of aryl methyl sites for hydroxylation is 1. The molecule has 128 valence electrons. The molecule has 0 radical (unpaired) electrons. The van der Waals surface area contributed by atoms with Gasteiger partial charge in [0.25, 0.3) is 5.56 Å². The smallest absolute Gasteiger partial charge is 0.267 e. The van der Waals surface area contributed by atoms with E-state index in [9.17, 15) is 9.59 Å². The number of hydrogen-bond donors (Lipinski definition) is 1. The van der Waals surface area contributed by atoms with E-state index in [1.807, 2.05) is 18.2 Å². The maximum Gasteiger partial charge on any atom is 0.267 e. The van der Waals surface area contributed by atoms with Gasteiger partial charge in [0.1, 0.15) is 6.54 Å². The molecular formula is C17H16ClN5O2. The third-order valence-corrected chi connectivity index (χ3v) is 3.96. The number of aromatic nitrogens is 4. The fourth-order valence-electron chi connectivity index (χ4n) is 2.30. The van der Waals surface area contributed by atoms with E-state index in [4.69, 9.17) is 11.6 Å². The predicted molar refractivity (Wildman–Crippen MR) is 94.0 cm³/mol. The van der Waals surface area contributed by atoms with Crippen LogP contribution >= 0.6 is 11.6 Å². The highest BCUT2D eigenvalue weighted by molar-refractivity contribution is 6.31. The lowest BCUT2D eigenvalue weighted by atomic mass is 10.2. The molecule has 0 aliphatic rings. The number of carbonyl (C=O) groups excluding carboxylic acids is 1. The monoisotopic (exact) mass is 357 g/mol. The summed E-state index contributed by atoms with van der Waals surface area (Å²) in [6.45, 7) is 0.118. The molecule has 0 spiro atoms. The molecular weight excluding hydrogens is 342 g/mol. The van der Waals surface area contributed by atoms with Gasteiger partial charge in [0, 0.05) is 36.4 Å². The molecule has 8 heteroatoms. The molecule has 0 saturated carbocycles. The third-order valence-electron chi connectivity index (χ3n) is 3.59. The molecule has 1 amide bonds. The van der Waals surface area contributed by atoms with Gasteiger partial charge in [-0.3, -0.25) is 14.3 Å². The molecule has 0 saturated heterocycles. The molecule has 0 aliphatic heterocycles. The van der Waals surface area contributed by atoms with E-state index in [1.54, 1.807) is 36.3 Å². The Bertz CT molecular complexity index is 963. The molecule has 2 heterocycles. The molecule has 7 nitrogen and oxygen atoms in total. The summed E-state index contributed by atoms with van der Waals surface area (Å²) in [5.41, 5.74) is 1.81. The molecule has 1 aromatic carbocycles. The lowest BCUT2D eigenvalue weighted by molar-refractivity contribution is -0.122. The number of amides is 1. The van der Waals surface area contributed by atoms with E-state index in [2.05, 4.69) is 15.5 Å². The van der Waals surface area contributed by atoms with Crippen LogP contribution in [0, 0.1) is 0 Å². The minimum Gasteiger partial charge on any atom is -0.350 e. The van der Waals surface area contributed by atoms with Crippen molar-refractivity contribution in [1.82, 2.24) is 24.9 Å². The van der Waals surface area contributed by atoms with Crippen molar-refractivity contribution in [2.45, 2.75) is 13.1 Å². The second-order valence-corrected chi connectivity index (χ2v) is 5.89. The van der Waals surface area contributed by atoms with Gasteiger partial charge >= 0.3 is 0 Å². The van der Waals surface area contributed by atoms with Crippen LogP contribution in [0.2, 0.25) is 5.02 Å². The maximum atomic E-state index is 12.1. The van der Waals surface area contributed by atoms with Gasteiger partial charge in [-0.05, 0) is 17.7 Å². The first-order valence-electron chi connectivity index (χ1n) is 7.60. The van der Waals surface area contributed by atoms with Crippen molar-refractivity contribution in [3.05, 3.63) is 69.7 Å². The average Bonchev–Trinajstić information content (AvgIpc) is 3.02. The molecule has 25 heavy (non-hydrogen) atoms. The topological polar surface area (TPSA) is 81.8 Å². The molecule has 3 aromatic rings. The van der Waals surface area contributed by atoms with Crippen molar-refractivity contribution in [2.75, 3.05) is 0 Å². The second-order valence-electron chi connectivity index (χ2n) is 5.49. The summed E-state index contributed by atoms with van der Waals surface area (Å²) in [6.07, 6.45) is 3.43. The fraction of sp³-hybridized carbons (Fsp3) is 0.176. The first-order valence-corrected chi connectivity index (χ1v) is 7.98. The van der Waals surface area contributed by atoms with Crippen LogP contribution in [-0.2, 0) is 24.9 Å². The van der Waals surface area contributed by atoms with Crippen molar-refractivity contribution in [1.29, 1.82) is 0 Å². The van der Waals surface area contributed by atoms with Gasteiger partial charge in [0.05, 0.1) is 11.9 Å². The lowest BCUT2D eigenvalue weighted by Gasteiger charge is -2.08.